The van der Waals surface area contributed by atoms with Gasteiger partial charge in [-0.3, -0.25) is 9.59 Å². The third-order valence-corrected chi connectivity index (χ3v) is 9.45. The molecule has 246 valence electrons. The Morgan fingerprint density at radius 1 is 0.542 bits per heavy atom. The van der Waals surface area contributed by atoms with Gasteiger partial charge in [0.15, 0.2) is 11.5 Å². The topological polar surface area (TPSA) is 103 Å². The number of fused-ring (bicyclic) bond motifs is 2. The number of hydrogen-bond acceptors (Lipinski definition) is 8. The fraction of sp³-hybridized carbons (Fsp3) is 0.211. The van der Waals surface area contributed by atoms with Crippen molar-refractivity contribution in [3.63, 3.8) is 0 Å². The first kappa shape index (κ1) is 33.1. The Balaban J connectivity index is 1.12. The Labute approximate surface area is 287 Å². The molecule has 2 amide bonds. The zero-order valence-corrected chi connectivity index (χ0v) is 27.9. The van der Waals surface area contributed by atoms with Gasteiger partial charge in [-0.25, -0.2) is 0 Å². The van der Waals surface area contributed by atoms with E-state index in [-0.39, 0.29) is 11.8 Å². The molecule has 2 heterocycles. The smallest absolute Gasteiger partial charge is 0.287 e. The van der Waals surface area contributed by atoms with Crippen LogP contribution in [0.3, 0.4) is 0 Å². The number of carbonyl (C=O) groups excluding carboxylic acids is 2. The lowest BCUT2D eigenvalue weighted by molar-refractivity contribution is 0.0921. The van der Waals surface area contributed by atoms with E-state index < -0.39 is 0 Å². The van der Waals surface area contributed by atoms with Gasteiger partial charge in [0.05, 0.1) is 25.7 Å². The van der Waals surface area contributed by atoms with E-state index in [1.54, 1.807) is 47.8 Å². The van der Waals surface area contributed by atoms with E-state index in [9.17, 15) is 9.59 Å². The minimum absolute atomic E-state index is 0.209. The number of amides is 2. The van der Waals surface area contributed by atoms with Gasteiger partial charge in [-0.15, -0.1) is 0 Å². The highest BCUT2D eigenvalue weighted by molar-refractivity contribution is 7.99. The van der Waals surface area contributed by atoms with Gasteiger partial charge in [0.25, 0.3) is 11.8 Å². The molecule has 0 saturated heterocycles. The van der Waals surface area contributed by atoms with Gasteiger partial charge in [0.2, 0.25) is 0 Å². The first-order valence-electron chi connectivity index (χ1n) is 15.8. The van der Waals surface area contributed by atoms with Crippen molar-refractivity contribution in [2.45, 2.75) is 0 Å². The van der Waals surface area contributed by atoms with Crippen LogP contribution in [0.2, 0.25) is 0 Å². The Morgan fingerprint density at radius 2 is 1.00 bits per heavy atom. The largest absolute Gasteiger partial charge is 0.492 e. The van der Waals surface area contributed by atoms with Crippen LogP contribution in [-0.2, 0) is 0 Å². The second-order valence-corrected chi connectivity index (χ2v) is 13.2. The van der Waals surface area contributed by atoms with Crippen LogP contribution in [-0.4, -0.2) is 61.1 Å². The van der Waals surface area contributed by atoms with Crippen molar-refractivity contribution >= 4 is 56.9 Å². The van der Waals surface area contributed by atoms with E-state index in [0.29, 0.717) is 37.8 Å². The van der Waals surface area contributed by atoms with Crippen LogP contribution >= 0.6 is 23.5 Å². The van der Waals surface area contributed by atoms with Crippen molar-refractivity contribution in [3.05, 3.63) is 121 Å². The van der Waals surface area contributed by atoms with Crippen LogP contribution in [0.25, 0.3) is 32.7 Å². The van der Waals surface area contributed by atoms with E-state index in [4.69, 9.17) is 18.3 Å². The maximum absolute atomic E-state index is 12.1. The maximum atomic E-state index is 12.1. The monoisotopic (exact) mass is 680 g/mol. The standard InChI is InChI=1S/C38H36N2O6S2/c41-37(33-11-5-19-43-33)39-17-23-47-25-21-45-31-15-13-27-7-1-3-9-29(27)35(31)36-30-10-4-2-8-28(30)14-16-32(36)46-22-26-48-24-18-40-38(42)34-12-6-20-44-34/h1-16,19-20H,17-18,21-26H2,(H,39,41)(H,40,42). The highest BCUT2D eigenvalue weighted by Gasteiger charge is 2.19. The summed E-state index contributed by atoms with van der Waals surface area (Å²) in [6.45, 7) is 2.10. The van der Waals surface area contributed by atoms with Crippen molar-refractivity contribution in [1.82, 2.24) is 10.6 Å². The lowest BCUT2D eigenvalue weighted by Crippen LogP contribution is -2.25. The zero-order chi connectivity index (χ0) is 33.0. The number of rotatable bonds is 17. The van der Waals surface area contributed by atoms with Gasteiger partial charge in [-0.05, 0) is 57.9 Å². The summed E-state index contributed by atoms with van der Waals surface area (Å²) in [4.78, 5) is 24.2. The molecule has 0 unspecified atom stereocenters. The van der Waals surface area contributed by atoms with Crippen LogP contribution in [0.1, 0.15) is 21.1 Å². The number of thioether (sulfide) groups is 2. The molecule has 2 aromatic heterocycles. The average Bonchev–Trinajstić information content (AvgIpc) is 3.87. The van der Waals surface area contributed by atoms with Gasteiger partial charge in [-0.1, -0.05) is 60.7 Å². The van der Waals surface area contributed by atoms with E-state index in [1.807, 2.05) is 24.3 Å². The fourth-order valence-corrected chi connectivity index (χ4v) is 6.65. The van der Waals surface area contributed by atoms with Crippen LogP contribution in [0.5, 0.6) is 11.5 Å². The Hall–Kier alpha value is -4.80. The SMILES string of the molecule is O=C(NCCSCCOc1ccc2ccccc2c1-c1c(OCCSCCNC(=O)c2ccco2)ccc2ccccc12)c1ccco1. The van der Waals surface area contributed by atoms with Crippen molar-refractivity contribution in [2.24, 2.45) is 0 Å². The molecule has 2 N–H and O–H groups in total. The second-order valence-electron chi connectivity index (χ2n) is 10.7. The fourth-order valence-electron chi connectivity index (χ4n) is 5.35. The van der Waals surface area contributed by atoms with Crippen molar-refractivity contribution in [2.75, 3.05) is 49.3 Å². The zero-order valence-electron chi connectivity index (χ0n) is 26.3. The van der Waals surface area contributed by atoms with Crippen LogP contribution in [0, 0.1) is 0 Å². The van der Waals surface area contributed by atoms with Crippen molar-refractivity contribution < 1.29 is 27.9 Å². The van der Waals surface area contributed by atoms with Crippen molar-refractivity contribution in [3.8, 4) is 22.6 Å². The minimum Gasteiger partial charge on any atom is -0.492 e. The van der Waals surface area contributed by atoms with Gasteiger partial charge in [0, 0.05) is 47.2 Å². The molecule has 10 heteroatoms. The predicted octanol–water partition coefficient (Wildman–Crippen LogP) is 7.93. The average molecular weight is 681 g/mol. The quantitative estimate of drug-likeness (QED) is 0.0937. The molecule has 0 aliphatic heterocycles. The molecule has 0 bridgehead atoms. The summed E-state index contributed by atoms with van der Waals surface area (Å²) in [5, 5.41) is 10.2. The number of ether oxygens (including phenoxy) is 2. The Morgan fingerprint density at radius 3 is 1.44 bits per heavy atom. The molecule has 48 heavy (non-hydrogen) atoms. The lowest BCUT2D eigenvalue weighted by Gasteiger charge is -2.20. The van der Waals surface area contributed by atoms with E-state index in [2.05, 4.69) is 59.2 Å². The molecule has 0 saturated carbocycles. The number of nitrogens with one attached hydrogen (secondary N) is 2. The van der Waals surface area contributed by atoms with Gasteiger partial charge >= 0.3 is 0 Å². The van der Waals surface area contributed by atoms with Gasteiger partial charge in [-0.2, -0.15) is 23.5 Å². The molecule has 6 aromatic rings. The van der Waals surface area contributed by atoms with E-state index >= 15 is 0 Å². The molecular weight excluding hydrogens is 645 g/mol. The molecule has 0 aliphatic carbocycles. The summed E-state index contributed by atoms with van der Waals surface area (Å²) in [5.74, 6) is 4.85. The molecule has 4 aromatic carbocycles. The van der Waals surface area contributed by atoms with E-state index in [0.717, 1.165) is 67.2 Å². The number of carbonyl (C=O) groups is 2. The summed E-state index contributed by atoms with van der Waals surface area (Å²) in [5.41, 5.74) is 2.01. The minimum atomic E-state index is -0.209. The summed E-state index contributed by atoms with van der Waals surface area (Å²) in [6.07, 6.45) is 2.98. The van der Waals surface area contributed by atoms with Crippen LogP contribution in [0.15, 0.2) is 118 Å². The lowest BCUT2D eigenvalue weighted by atomic mass is 9.92. The molecule has 0 fully saturated rings. The maximum Gasteiger partial charge on any atom is 0.287 e. The predicted molar refractivity (Wildman–Crippen MR) is 195 cm³/mol. The molecule has 6 rings (SSSR count). The Bertz CT molecular complexity index is 1800. The summed E-state index contributed by atoms with van der Waals surface area (Å²) in [7, 11) is 0. The molecular formula is C38H36N2O6S2. The number of hydrogen-bond donors (Lipinski definition) is 2. The van der Waals surface area contributed by atoms with Crippen LogP contribution < -0.4 is 20.1 Å². The first-order valence-corrected chi connectivity index (χ1v) is 18.1. The Kier molecular flexibility index (Phi) is 11.6. The molecule has 0 spiro atoms. The first-order chi connectivity index (χ1) is 23.7. The molecule has 0 radical (unpaired) electrons. The highest BCUT2D eigenvalue weighted by Crippen LogP contribution is 2.45. The summed E-state index contributed by atoms with van der Waals surface area (Å²) >= 11 is 3.43. The number of furan rings is 2. The van der Waals surface area contributed by atoms with Gasteiger partial charge in [0.1, 0.15) is 11.5 Å². The third-order valence-electron chi connectivity index (χ3n) is 7.56. The van der Waals surface area contributed by atoms with Gasteiger partial charge < -0.3 is 28.9 Å². The summed E-state index contributed by atoms with van der Waals surface area (Å²) < 4.78 is 23.3. The second kappa shape index (κ2) is 16.9. The molecule has 0 aliphatic rings. The van der Waals surface area contributed by atoms with Crippen molar-refractivity contribution in [1.29, 1.82) is 0 Å². The molecule has 0 atom stereocenters. The number of benzene rings is 4. The normalized spacial score (nSPS) is 11.1. The highest BCUT2D eigenvalue weighted by atomic mass is 32.2. The van der Waals surface area contributed by atoms with Crippen LogP contribution in [0.4, 0.5) is 0 Å². The summed E-state index contributed by atoms with van der Waals surface area (Å²) in [6, 6.07) is 31.7. The van der Waals surface area contributed by atoms with E-state index in [1.165, 1.54) is 12.5 Å². The third kappa shape index (κ3) is 8.37. The molecule has 8 nitrogen and oxygen atoms in total.